The van der Waals surface area contributed by atoms with Gasteiger partial charge in [0, 0.05) is 6.61 Å². The van der Waals surface area contributed by atoms with Crippen molar-refractivity contribution in [3.8, 4) is 0 Å². The average Bonchev–Trinajstić information content (AvgIpc) is 2.01. The third-order valence-electron chi connectivity index (χ3n) is 1.54. The number of Topliss-reactive ketones (excluding diaryl/α,β-unsaturated/α-hetero) is 1. The zero-order valence-electron chi connectivity index (χ0n) is 6.97. The number of rotatable bonds is 5. The van der Waals surface area contributed by atoms with Crippen molar-refractivity contribution in [3.05, 3.63) is 0 Å². The van der Waals surface area contributed by atoms with Crippen molar-refractivity contribution in [2.75, 3.05) is 6.61 Å². The monoisotopic (exact) mass is 199 g/mol. The van der Waals surface area contributed by atoms with Crippen LogP contribution in [0.1, 0.15) is 19.3 Å². The molecule has 13 heavy (non-hydrogen) atoms. The minimum absolute atomic E-state index is 0.0428. The molecule has 0 rings (SSSR count). The predicted octanol–water partition coefficient (Wildman–Crippen LogP) is 0.608. The summed E-state index contributed by atoms with van der Waals surface area (Å²) in [6.07, 6.45) is -4.21. The molecule has 0 spiro atoms. The zero-order chi connectivity index (χ0) is 10.5. The third kappa shape index (κ3) is 4.84. The van der Waals surface area contributed by atoms with Gasteiger partial charge in [0.2, 0.25) is 0 Å². The van der Waals surface area contributed by atoms with Crippen molar-refractivity contribution in [1.82, 2.24) is 0 Å². The van der Waals surface area contributed by atoms with Gasteiger partial charge in [0.25, 0.3) is 5.78 Å². The highest BCUT2D eigenvalue weighted by Crippen LogP contribution is 2.18. The van der Waals surface area contributed by atoms with Crippen LogP contribution in [0.15, 0.2) is 0 Å². The topological polar surface area (TPSA) is 63.3 Å². The molecule has 0 aromatic carbocycles. The number of ketones is 1. The normalized spacial score (nSPS) is 14.2. The van der Waals surface area contributed by atoms with Gasteiger partial charge < -0.3 is 10.8 Å². The molecule has 0 aromatic heterocycles. The number of aliphatic hydroxyl groups is 1. The van der Waals surface area contributed by atoms with Crippen molar-refractivity contribution in [2.45, 2.75) is 31.5 Å². The number of aliphatic hydroxyl groups excluding tert-OH is 1. The second-order valence-corrected chi connectivity index (χ2v) is 2.69. The molecule has 6 heteroatoms. The van der Waals surface area contributed by atoms with Gasteiger partial charge in [0.15, 0.2) is 0 Å². The van der Waals surface area contributed by atoms with Crippen molar-refractivity contribution < 1.29 is 23.1 Å². The van der Waals surface area contributed by atoms with Gasteiger partial charge in [0.1, 0.15) is 0 Å². The van der Waals surface area contributed by atoms with Crippen LogP contribution < -0.4 is 5.73 Å². The van der Waals surface area contributed by atoms with Gasteiger partial charge >= 0.3 is 6.18 Å². The summed E-state index contributed by atoms with van der Waals surface area (Å²) in [6.45, 7) is -0.104. The van der Waals surface area contributed by atoms with Crippen LogP contribution in [0.4, 0.5) is 13.2 Å². The van der Waals surface area contributed by atoms with E-state index >= 15 is 0 Å². The van der Waals surface area contributed by atoms with E-state index in [2.05, 4.69) is 0 Å². The van der Waals surface area contributed by atoms with Crippen LogP contribution in [0.3, 0.4) is 0 Å². The van der Waals surface area contributed by atoms with Gasteiger partial charge in [-0.2, -0.15) is 13.2 Å². The molecule has 0 saturated carbocycles. The molecular weight excluding hydrogens is 187 g/mol. The van der Waals surface area contributed by atoms with Crippen LogP contribution in [0.2, 0.25) is 0 Å². The lowest BCUT2D eigenvalue weighted by atomic mass is 10.1. The Bertz CT molecular complexity index is 170. The lowest BCUT2D eigenvalue weighted by Crippen LogP contribution is -2.40. The standard InChI is InChI=1S/C7H12F3NO2/c8-7(9,10)6(13)5(11)3-1-2-4-12/h5,12H,1-4,11H2. The minimum Gasteiger partial charge on any atom is -0.396 e. The maximum absolute atomic E-state index is 11.7. The Morgan fingerprint density at radius 3 is 2.31 bits per heavy atom. The van der Waals surface area contributed by atoms with E-state index in [0.717, 1.165) is 0 Å². The molecule has 0 aliphatic rings. The van der Waals surface area contributed by atoms with E-state index in [0.29, 0.717) is 12.8 Å². The van der Waals surface area contributed by atoms with Crippen molar-refractivity contribution in [3.63, 3.8) is 0 Å². The predicted molar refractivity (Wildman–Crippen MR) is 40.0 cm³/mol. The Labute approximate surface area is 73.7 Å². The third-order valence-corrected chi connectivity index (χ3v) is 1.54. The van der Waals surface area contributed by atoms with Gasteiger partial charge in [-0.15, -0.1) is 0 Å². The highest BCUT2D eigenvalue weighted by molar-refractivity contribution is 5.88. The molecule has 0 aromatic rings. The molecule has 3 nitrogen and oxygen atoms in total. The van der Waals surface area contributed by atoms with Crippen LogP contribution in [0.25, 0.3) is 0 Å². The zero-order valence-corrected chi connectivity index (χ0v) is 6.97. The Morgan fingerprint density at radius 1 is 1.38 bits per heavy atom. The molecular formula is C7H12F3NO2. The lowest BCUT2D eigenvalue weighted by molar-refractivity contribution is -0.172. The first-order chi connectivity index (χ1) is 5.89. The quantitative estimate of drug-likeness (QED) is 0.637. The van der Waals surface area contributed by atoms with Crippen LogP contribution in [0, 0.1) is 0 Å². The number of carbonyl (C=O) groups excluding carboxylic acids is 1. The summed E-state index contributed by atoms with van der Waals surface area (Å²) in [4.78, 5) is 10.4. The van der Waals surface area contributed by atoms with E-state index in [1.807, 2.05) is 0 Å². The number of nitrogens with two attached hydrogens (primary N) is 1. The first kappa shape index (κ1) is 12.4. The van der Waals surface area contributed by atoms with E-state index in [1.54, 1.807) is 0 Å². The molecule has 1 unspecified atom stereocenters. The summed E-state index contributed by atoms with van der Waals surface area (Å²) in [5.41, 5.74) is 4.99. The molecule has 0 bridgehead atoms. The molecule has 0 radical (unpaired) electrons. The molecule has 78 valence electrons. The Hall–Kier alpha value is -0.620. The fourth-order valence-corrected chi connectivity index (χ4v) is 0.817. The SMILES string of the molecule is NC(CCCCO)C(=O)C(F)(F)F. The van der Waals surface area contributed by atoms with E-state index < -0.39 is 18.0 Å². The van der Waals surface area contributed by atoms with Crippen LogP contribution >= 0.6 is 0 Å². The summed E-state index contributed by atoms with van der Waals surface area (Å²) < 4.78 is 35.2. The lowest BCUT2D eigenvalue weighted by Gasteiger charge is -2.11. The fourth-order valence-electron chi connectivity index (χ4n) is 0.817. The number of halogens is 3. The number of hydrogen-bond acceptors (Lipinski definition) is 3. The molecule has 3 N–H and O–H groups in total. The number of alkyl halides is 3. The van der Waals surface area contributed by atoms with Crippen molar-refractivity contribution >= 4 is 5.78 Å². The minimum atomic E-state index is -4.85. The molecule has 0 saturated heterocycles. The second-order valence-electron chi connectivity index (χ2n) is 2.69. The van der Waals surface area contributed by atoms with E-state index in [-0.39, 0.29) is 13.0 Å². The highest BCUT2D eigenvalue weighted by Gasteiger charge is 2.41. The maximum atomic E-state index is 11.7. The summed E-state index contributed by atoms with van der Waals surface area (Å²) in [5.74, 6) is -1.90. The molecule has 0 heterocycles. The maximum Gasteiger partial charge on any atom is 0.451 e. The van der Waals surface area contributed by atoms with E-state index in [1.165, 1.54) is 0 Å². The van der Waals surface area contributed by atoms with Crippen LogP contribution in [-0.4, -0.2) is 29.7 Å². The van der Waals surface area contributed by atoms with Crippen molar-refractivity contribution in [2.24, 2.45) is 5.73 Å². The summed E-state index contributed by atoms with van der Waals surface area (Å²) in [5, 5.41) is 8.33. The van der Waals surface area contributed by atoms with Gasteiger partial charge in [-0.05, 0) is 19.3 Å². The molecule has 0 fully saturated rings. The number of carbonyl (C=O) groups is 1. The average molecular weight is 199 g/mol. The summed E-state index contributed by atoms with van der Waals surface area (Å²) >= 11 is 0. The Morgan fingerprint density at radius 2 is 1.92 bits per heavy atom. The highest BCUT2D eigenvalue weighted by atomic mass is 19.4. The Balaban J connectivity index is 3.84. The molecule has 0 amide bonds. The van der Waals surface area contributed by atoms with Gasteiger partial charge in [-0.25, -0.2) is 0 Å². The largest absolute Gasteiger partial charge is 0.451 e. The van der Waals surface area contributed by atoms with Crippen molar-refractivity contribution in [1.29, 1.82) is 0 Å². The van der Waals surface area contributed by atoms with E-state index in [4.69, 9.17) is 10.8 Å². The summed E-state index contributed by atoms with van der Waals surface area (Å²) in [6, 6.07) is -1.49. The van der Waals surface area contributed by atoms with Crippen LogP contribution in [-0.2, 0) is 4.79 Å². The Kier molecular flexibility index (Phi) is 4.94. The molecule has 1 atom stereocenters. The molecule has 0 aliphatic carbocycles. The number of hydrogen-bond donors (Lipinski definition) is 2. The van der Waals surface area contributed by atoms with E-state index in [9.17, 15) is 18.0 Å². The first-order valence-electron chi connectivity index (χ1n) is 3.87. The first-order valence-corrected chi connectivity index (χ1v) is 3.87. The number of unbranched alkanes of at least 4 members (excludes halogenated alkanes) is 1. The molecule has 0 aliphatic heterocycles. The summed E-state index contributed by atoms with van der Waals surface area (Å²) in [7, 11) is 0. The second kappa shape index (κ2) is 5.18. The fraction of sp³-hybridized carbons (Fsp3) is 0.857. The smallest absolute Gasteiger partial charge is 0.396 e. The van der Waals surface area contributed by atoms with Crippen LogP contribution in [0.5, 0.6) is 0 Å². The van der Waals surface area contributed by atoms with Gasteiger partial charge in [-0.3, -0.25) is 4.79 Å². The van der Waals surface area contributed by atoms with Gasteiger partial charge in [0.05, 0.1) is 6.04 Å². The van der Waals surface area contributed by atoms with Gasteiger partial charge in [-0.1, -0.05) is 0 Å².